The van der Waals surface area contributed by atoms with E-state index in [0.717, 1.165) is 25.5 Å². The fourth-order valence-electron chi connectivity index (χ4n) is 1.69. The number of benzene rings is 1. The van der Waals surface area contributed by atoms with Crippen molar-refractivity contribution in [3.8, 4) is 5.75 Å². The van der Waals surface area contributed by atoms with Crippen LogP contribution in [0.2, 0.25) is 0 Å². The summed E-state index contributed by atoms with van der Waals surface area (Å²) in [5.41, 5.74) is 1.96. The standard InChI is InChI=1S/C14H15BrO2S/c1-9-3-5-12(10(2)16)13(7-9)17-8-11-4-6-14(15)18-11/h3-7,10,16H,8H2,1-2H3/t10-/m1/s1. The largest absolute Gasteiger partial charge is 0.488 e. The number of hydrogen-bond acceptors (Lipinski definition) is 3. The Balaban J connectivity index is 2.15. The van der Waals surface area contributed by atoms with Crippen LogP contribution in [0.1, 0.15) is 29.0 Å². The van der Waals surface area contributed by atoms with Gasteiger partial charge in [0.1, 0.15) is 12.4 Å². The minimum absolute atomic E-state index is 0.518. The molecule has 18 heavy (non-hydrogen) atoms. The highest BCUT2D eigenvalue weighted by molar-refractivity contribution is 9.11. The summed E-state index contributed by atoms with van der Waals surface area (Å²) in [5, 5.41) is 9.71. The van der Waals surface area contributed by atoms with E-state index in [9.17, 15) is 5.11 Å². The molecule has 96 valence electrons. The van der Waals surface area contributed by atoms with E-state index in [1.54, 1.807) is 18.3 Å². The lowest BCUT2D eigenvalue weighted by Crippen LogP contribution is -2.00. The van der Waals surface area contributed by atoms with Crippen molar-refractivity contribution in [2.24, 2.45) is 0 Å². The van der Waals surface area contributed by atoms with Crippen molar-refractivity contribution in [3.05, 3.63) is 50.1 Å². The number of rotatable bonds is 4. The number of ether oxygens (including phenoxy) is 1. The van der Waals surface area contributed by atoms with Crippen LogP contribution in [0.25, 0.3) is 0 Å². The smallest absolute Gasteiger partial charge is 0.125 e. The predicted octanol–water partition coefficient (Wildman–Crippen LogP) is 4.45. The van der Waals surface area contributed by atoms with Crippen molar-refractivity contribution >= 4 is 27.3 Å². The summed E-state index contributed by atoms with van der Waals surface area (Å²) in [7, 11) is 0. The van der Waals surface area contributed by atoms with Crippen molar-refractivity contribution in [1.82, 2.24) is 0 Å². The van der Waals surface area contributed by atoms with Gasteiger partial charge in [-0.2, -0.15) is 0 Å². The molecule has 0 aliphatic rings. The highest BCUT2D eigenvalue weighted by Crippen LogP contribution is 2.28. The molecule has 0 saturated heterocycles. The summed E-state index contributed by atoms with van der Waals surface area (Å²) in [6.07, 6.45) is -0.518. The molecule has 1 aromatic carbocycles. The van der Waals surface area contributed by atoms with Gasteiger partial charge in [-0.15, -0.1) is 11.3 Å². The molecule has 2 rings (SSSR count). The maximum Gasteiger partial charge on any atom is 0.125 e. The van der Waals surface area contributed by atoms with Gasteiger partial charge in [0, 0.05) is 10.4 Å². The Morgan fingerprint density at radius 2 is 2.11 bits per heavy atom. The first-order valence-electron chi connectivity index (χ1n) is 5.72. The molecule has 0 unspecified atom stereocenters. The van der Waals surface area contributed by atoms with Crippen LogP contribution in [-0.2, 0) is 6.61 Å². The van der Waals surface area contributed by atoms with Crippen LogP contribution >= 0.6 is 27.3 Å². The van der Waals surface area contributed by atoms with Crippen LogP contribution in [0.5, 0.6) is 5.75 Å². The predicted molar refractivity (Wildman–Crippen MR) is 78.2 cm³/mol. The van der Waals surface area contributed by atoms with Gasteiger partial charge in [-0.3, -0.25) is 0 Å². The fourth-order valence-corrected chi connectivity index (χ4v) is 3.09. The van der Waals surface area contributed by atoms with Gasteiger partial charge in [-0.1, -0.05) is 12.1 Å². The van der Waals surface area contributed by atoms with Gasteiger partial charge in [0.2, 0.25) is 0 Å². The van der Waals surface area contributed by atoms with E-state index >= 15 is 0 Å². The second kappa shape index (κ2) is 5.87. The third kappa shape index (κ3) is 3.34. The summed E-state index contributed by atoms with van der Waals surface area (Å²) in [5.74, 6) is 0.759. The molecule has 0 saturated carbocycles. The van der Waals surface area contributed by atoms with E-state index in [4.69, 9.17) is 4.74 Å². The van der Waals surface area contributed by atoms with E-state index in [0.29, 0.717) is 6.61 Å². The first kappa shape index (κ1) is 13.6. The first-order chi connectivity index (χ1) is 8.56. The molecule has 0 spiro atoms. The summed E-state index contributed by atoms with van der Waals surface area (Å²) < 4.78 is 6.91. The molecule has 2 nitrogen and oxygen atoms in total. The summed E-state index contributed by atoms with van der Waals surface area (Å²) in [6.45, 7) is 4.29. The molecule has 1 aromatic heterocycles. The first-order valence-corrected chi connectivity index (χ1v) is 7.33. The Labute approximate surface area is 119 Å². The number of halogens is 1. The molecule has 1 N–H and O–H groups in total. The van der Waals surface area contributed by atoms with Gasteiger partial charge in [0.15, 0.2) is 0 Å². The highest BCUT2D eigenvalue weighted by Gasteiger charge is 2.10. The monoisotopic (exact) mass is 326 g/mol. The highest BCUT2D eigenvalue weighted by atomic mass is 79.9. The number of thiophene rings is 1. The topological polar surface area (TPSA) is 29.5 Å². The second-order valence-electron chi connectivity index (χ2n) is 4.21. The van der Waals surface area contributed by atoms with Gasteiger partial charge >= 0.3 is 0 Å². The molecule has 2 aromatic rings. The lowest BCUT2D eigenvalue weighted by Gasteiger charge is -2.13. The van der Waals surface area contributed by atoms with E-state index in [2.05, 4.69) is 15.9 Å². The number of aliphatic hydroxyl groups is 1. The zero-order valence-corrected chi connectivity index (χ0v) is 12.7. The maximum absolute atomic E-state index is 9.71. The van der Waals surface area contributed by atoms with Crippen LogP contribution in [-0.4, -0.2) is 5.11 Å². The maximum atomic E-state index is 9.71. The molecule has 1 atom stereocenters. The van der Waals surface area contributed by atoms with Crippen molar-refractivity contribution < 1.29 is 9.84 Å². The molecular formula is C14H15BrO2S. The zero-order chi connectivity index (χ0) is 13.1. The van der Waals surface area contributed by atoms with Crippen molar-refractivity contribution in [2.75, 3.05) is 0 Å². The Hall–Kier alpha value is -0.840. The molecule has 0 radical (unpaired) electrons. The van der Waals surface area contributed by atoms with Crippen molar-refractivity contribution in [2.45, 2.75) is 26.6 Å². The lowest BCUT2D eigenvalue weighted by molar-refractivity contribution is 0.190. The van der Waals surface area contributed by atoms with Gasteiger partial charge in [0.05, 0.1) is 9.89 Å². The Morgan fingerprint density at radius 1 is 1.33 bits per heavy atom. The molecule has 0 bridgehead atoms. The quantitative estimate of drug-likeness (QED) is 0.899. The fraction of sp³-hybridized carbons (Fsp3) is 0.286. The van der Waals surface area contributed by atoms with Crippen LogP contribution in [0.15, 0.2) is 34.1 Å². The molecular weight excluding hydrogens is 312 g/mol. The molecule has 0 amide bonds. The normalized spacial score (nSPS) is 12.4. The summed E-state index contributed by atoms with van der Waals surface area (Å²) >= 11 is 5.09. The van der Waals surface area contributed by atoms with E-state index in [1.807, 2.05) is 37.3 Å². The third-order valence-electron chi connectivity index (χ3n) is 2.62. The molecule has 1 heterocycles. The van der Waals surface area contributed by atoms with Crippen molar-refractivity contribution in [1.29, 1.82) is 0 Å². The molecule has 0 aliphatic heterocycles. The van der Waals surface area contributed by atoms with Crippen molar-refractivity contribution in [3.63, 3.8) is 0 Å². The summed E-state index contributed by atoms with van der Waals surface area (Å²) in [6, 6.07) is 9.91. The average molecular weight is 327 g/mol. The third-order valence-corrected chi connectivity index (χ3v) is 4.22. The van der Waals surface area contributed by atoms with Gasteiger partial charge < -0.3 is 9.84 Å². The lowest BCUT2D eigenvalue weighted by atomic mass is 10.1. The SMILES string of the molecule is Cc1ccc([C@@H](C)O)c(OCc2ccc(Br)s2)c1. The molecule has 0 fully saturated rings. The van der Waals surface area contributed by atoms with Crippen LogP contribution in [0, 0.1) is 6.92 Å². The number of hydrogen-bond donors (Lipinski definition) is 1. The van der Waals surface area contributed by atoms with Gasteiger partial charge in [-0.05, 0) is 53.5 Å². The van der Waals surface area contributed by atoms with Gasteiger partial charge in [0.25, 0.3) is 0 Å². The second-order valence-corrected chi connectivity index (χ2v) is 6.76. The number of aliphatic hydroxyl groups excluding tert-OH is 1. The number of aryl methyl sites for hydroxylation is 1. The van der Waals surface area contributed by atoms with Crippen LogP contribution in [0.4, 0.5) is 0 Å². The summed E-state index contributed by atoms with van der Waals surface area (Å²) in [4.78, 5) is 1.15. The van der Waals surface area contributed by atoms with Crippen LogP contribution < -0.4 is 4.74 Å². The van der Waals surface area contributed by atoms with E-state index in [1.165, 1.54) is 0 Å². The average Bonchev–Trinajstić information content (AvgIpc) is 2.72. The molecule has 4 heteroatoms. The Bertz CT molecular complexity index is 534. The minimum Gasteiger partial charge on any atom is -0.488 e. The minimum atomic E-state index is -0.518. The Kier molecular flexibility index (Phi) is 4.43. The van der Waals surface area contributed by atoms with Crippen LogP contribution in [0.3, 0.4) is 0 Å². The Morgan fingerprint density at radius 3 is 2.72 bits per heavy atom. The van der Waals surface area contributed by atoms with Gasteiger partial charge in [-0.25, -0.2) is 0 Å². The van der Waals surface area contributed by atoms with E-state index < -0.39 is 6.10 Å². The van der Waals surface area contributed by atoms with E-state index in [-0.39, 0.29) is 0 Å². The molecule has 0 aliphatic carbocycles. The zero-order valence-electron chi connectivity index (χ0n) is 10.3.